The highest BCUT2D eigenvalue weighted by molar-refractivity contribution is 7.09. The van der Waals surface area contributed by atoms with Gasteiger partial charge >= 0.3 is 0 Å². The second-order valence-electron chi connectivity index (χ2n) is 3.95. The summed E-state index contributed by atoms with van der Waals surface area (Å²) in [5.41, 5.74) is 2.93. The molecule has 0 spiro atoms. The second-order valence-corrected chi connectivity index (χ2v) is 4.69. The van der Waals surface area contributed by atoms with Crippen molar-refractivity contribution in [2.24, 2.45) is 0 Å². The van der Waals surface area contributed by atoms with Gasteiger partial charge in [0, 0.05) is 29.6 Å². The largest absolute Gasteiger partial charge is 0.371 e. The number of aromatic nitrogens is 1. The average Bonchev–Trinajstić information content (AvgIpc) is 2.78. The summed E-state index contributed by atoms with van der Waals surface area (Å²) in [6, 6.07) is 3.64. The Labute approximate surface area is 103 Å². The van der Waals surface area contributed by atoms with E-state index >= 15 is 0 Å². The van der Waals surface area contributed by atoms with Crippen LogP contribution in [0.25, 0.3) is 0 Å². The normalized spacial score (nSPS) is 18.1. The van der Waals surface area contributed by atoms with Crippen LogP contribution in [0.5, 0.6) is 0 Å². The third-order valence-electron chi connectivity index (χ3n) is 2.73. The number of hydrogen-bond acceptors (Lipinski definition) is 4. The number of nitrogens with zero attached hydrogens (tertiary/aromatic N) is 1. The van der Waals surface area contributed by atoms with Crippen LogP contribution in [0.15, 0.2) is 35.3 Å². The van der Waals surface area contributed by atoms with E-state index in [2.05, 4.69) is 15.6 Å². The number of carbonyl (C=O) groups is 1. The molecule has 1 aliphatic rings. The lowest BCUT2D eigenvalue weighted by atomic mass is 10.1. The molecule has 3 rings (SSSR count). The van der Waals surface area contributed by atoms with Crippen LogP contribution in [0.4, 0.5) is 11.4 Å². The van der Waals surface area contributed by atoms with Crippen molar-refractivity contribution >= 4 is 28.6 Å². The number of anilines is 2. The number of rotatable bonds is 2. The van der Waals surface area contributed by atoms with Crippen molar-refractivity contribution in [1.82, 2.24) is 4.98 Å². The van der Waals surface area contributed by atoms with Gasteiger partial charge < -0.3 is 10.6 Å². The van der Waals surface area contributed by atoms with E-state index in [1.165, 1.54) is 0 Å². The highest BCUT2D eigenvalue weighted by atomic mass is 32.1. The highest BCUT2D eigenvalue weighted by Gasteiger charge is 2.25. The Morgan fingerprint density at radius 3 is 3.06 bits per heavy atom. The van der Waals surface area contributed by atoms with Crippen LogP contribution in [0, 0.1) is 0 Å². The molecule has 1 unspecified atom stereocenters. The first-order valence-corrected chi connectivity index (χ1v) is 6.30. The number of nitrogens with one attached hydrogen (secondary N) is 2. The maximum Gasteiger partial charge on any atom is 0.247 e. The first-order chi connectivity index (χ1) is 8.33. The van der Waals surface area contributed by atoms with E-state index in [1.807, 2.05) is 22.9 Å². The van der Waals surface area contributed by atoms with Crippen LogP contribution in [0.2, 0.25) is 0 Å². The van der Waals surface area contributed by atoms with Crippen molar-refractivity contribution < 1.29 is 4.79 Å². The Bertz CT molecular complexity index is 538. The van der Waals surface area contributed by atoms with E-state index in [0.29, 0.717) is 6.42 Å². The van der Waals surface area contributed by atoms with E-state index in [0.717, 1.165) is 16.9 Å². The molecule has 86 valence electrons. The molecule has 0 bridgehead atoms. The summed E-state index contributed by atoms with van der Waals surface area (Å²) in [5.74, 6) is 0.0137. The van der Waals surface area contributed by atoms with Crippen molar-refractivity contribution in [3.05, 3.63) is 40.8 Å². The van der Waals surface area contributed by atoms with Crippen molar-refractivity contribution in [3.63, 3.8) is 0 Å². The summed E-state index contributed by atoms with van der Waals surface area (Å²) in [7, 11) is 0. The van der Waals surface area contributed by atoms with E-state index < -0.39 is 0 Å². The smallest absolute Gasteiger partial charge is 0.247 e. The molecule has 0 aliphatic carbocycles. The molecule has 0 saturated heterocycles. The molecule has 1 atom stereocenters. The molecule has 2 aromatic rings. The molecule has 0 radical (unpaired) electrons. The van der Waals surface area contributed by atoms with Gasteiger partial charge in [-0.15, -0.1) is 11.3 Å². The average molecular weight is 245 g/mol. The number of pyridine rings is 1. The molecular weight excluding hydrogens is 234 g/mol. The zero-order valence-corrected chi connectivity index (χ0v) is 9.83. The minimum absolute atomic E-state index is 0.0137. The van der Waals surface area contributed by atoms with Gasteiger partial charge in [0.15, 0.2) is 0 Å². The third-order valence-corrected chi connectivity index (χ3v) is 3.47. The van der Waals surface area contributed by atoms with Crippen LogP contribution in [-0.4, -0.2) is 16.9 Å². The molecule has 17 heavy (non-hydrogen) atoms. The summed E-state index contributed by atoms with van der Waals surface area (Å²) in [5, 5.41) is 10.1. The summed E-state index contributed by atoms with van der Waals surface area (Å²) < 4.78 is 0. The highest BCUT2D eigenvalue weighted by Crippen LogP contribution is 2.30. The van der Waals surface area contributed by atoms with Crippen molar-refractivity contribution in [1.29, 1.82) is 0 Å². The fourth-order valence-electron chi connectivity index (χ4n) is 1.88. The standard InChI is InChI=1S/C12H11N3OS/c16-12-9(4-8-2-1-3-13-5-8)14-10-6-17-7-11(10)15-12/h1-3,5-7,9,14H,4H2,(H,15,16). The Kier molecular flexibility index (Phi) is 2.53. The van der Waals surface area contributed by atoms with Crippen LogP contribution in [0.1, 0.15) is 5.56 Å². The van der Waals surface area contributed by atoms with Gasteiger partial charge in [-0.1, -0.05) is 6.07 Å². The lowest BCUT2D eigenvalue weighted by Crippen LogP contribution is -2.39. The molecule has 2 N–H and O–H groups in total. The third kappa shape index (κ3) is 2.01. The molecule has 3 heterocycles. The lowest BCUT2D eigenvalue weighted by Gasteiger charge is -2.24. The van der Waals surface area contributed by atoms with Gasteiger partial charge in [0.2, 0.25) is 5.91 Å². The monoisotopic (exact) mass is 245 g/mol. The zero-order valence-electron chi connectivity index (χ0n) is 9.01. The van der Waals surface area contributed by atoms with Gasteiger partial charge in [0.05, 0.1) is 11.4 Å². The van der Waals surface area contributed by atoms with Gasteiger partial charge in [-0.25, -0.2) is 0 Å². The molecule has 0 aromatic carbocycles. The predicted molar refractivity (Wildman–Crippen MR) is 68.3 cm³/mol. The Hall–Kier alpha value is -1.88. The fraction of sp³-hybridized carbons (Fsp3) is 0.167. The minimum Gasteiger partial charge on any atom is -0.371 e. The number of fused-ring (bicyclic) bond motifs is 1. The van der Waals surface area contributed by atoms with Crippen molar-refractivity contribution in [2.45, 2.75) is 12.5 Å². The molecular formula is C12H11N3OS. The number of amides is 1. The van der Waals surface area contributed by atoms with Gasteiger partial charge in [0.25, 0.3) is 0 Å². The first-order valence-electron chi connectivity index (χ1n) is 5.35. The Morgan fingerprint density at radius 2 is 2.24 bits per heavy atom. The summed E-state index contributed by atoms with van der Waals surface area (Å²) in [4.78, 5) is 15.9. The predicted octanol–water partition coefficient (Wildman–Crippen LogP) is 2.12. The quantitative estimate of drug-likeness (QED) is 0.852. The molecule has 1 aliphatic heterocycles. The topological polar surface area (TPSA) is 54.0 Å². The van der Waals surface area contributed by atoms with Gasteiger partial charge in [-0.3, -0.25) is 9.78 Å². The van der Waals surface area contributed by atoms with E-state index in [1.54, 1.807) is 23.7 Å². The van der Waals surface area contributed by atoms with Gasteiger partial charge in [-0.05, 0) is 11.6 Å². The fourth-order valence-corrected chi connectivity index (χ4v) is 2.60. The molecule has 0 saturated carbocycles. The van der Waals surface area contributed by atoms with Crippen LogP contribution < -0.4 is 10.6 Å². The molecule has 1 amide bonds. The molecule has 4 nitrogen and oxygen atoms in total. The van der Waals surface area contributed by atoms with Gasteiger partial charge in [0.1, 0.15) is 6.04 Å². The maximum absolute atomic E-state index is 11.9. The van der Waals surface area contributed by atoms with Crippen molar-refractivity contribution in [2.75, 3.05) is 10.6 Å². The molecule has 5 heteroatoms. The Balaban J connectivity index is 1.79. The number of hydrogen-bond donors (Lipinski definition) is 2. The van der Waals surface area contributed by atoms with E-state index in [-0.39, 0.29) is 11.9 Å². The maximum atomic E-state index is 11.9. The van der Waals surface area contributed by atoms with Crippen LogP contribution in [-0.2, 0) is 11.2 Å². The molecule has 2 aromatic heterocycles. The van der Waals surface area contributed by atoms with Crippen molar-refractivity contribution in [3.8, 4) is 0 Å². The van der Waals surface area contributed by atoms with Gasteiger partial charge in [-0.2, -0.15) is 0 Å². The Morgan fingerprint density at radius 1 is 1.35 bits per heavy atom. The lowest BCUT2D eigenvalue weighted by molar-refractivity contribution is -0.117. The zero-order chi connectivity index (χ0) is 11.7. The number of thiophene rings is 1. The van der Waals surface area contributed by atoms with E-state index in [4.69, 9.17) is 0 Å². The molecule has 0 fully saturated rings. The summed E-state index contributed by atoms with van der Waals surface area (Å²) in [6.07, 6.45) is 4.17. The van der Waals surface area contributed by atoms with Crippen LogP contribution >= 0.6 is 11.3 Å². The minimum atomic E-state index is -0.221. The number of carbonyl (C=O) groups excluding carboxylic acids is 1. The van der Waals surface area contributed by atoms with Crippen LogP contribution in [0.3, 0.4) is 0 Å². The van der Waals surface area contributed by atoms with E-state index in [9.17, 15) is 4.79 Å². The summed E-state index contributed by atoms with van der Waals surface area (Å²) in [6.45, 7) is 0. The first kappa shape index (κ1) is 10.3. The summed E-state index contributed by atoms with van der Waals surface area (Å²) >= 11 is 1.58. The second kappa shape index (κ2) is 4.18. The SMILES string of the molecule is O=C1Nc2cscc2NC1Cc1cccnc1.